The van der Waals surface area contributed by atoms with Gasteiger partial charge in [-0.2, -0.15) is 0 Å². The number of ether oxygens (including phenoxy) is 1. The Balaban J connectivity index is 2.35. The second-order valence-corrected chi connectivity index (χ2v) is 7.70. The van der Waals surface area contributed by atoms with Crippen molar-refractivity contribution in [3.8, 4) is 0 Å². The van der Waals surface area contributed by atoms with Gasteiger partial charge in [-0.3, -0.25) is 4.79 Å². The Labute approximate surface area is 146 Å². The van der Waals surface area contributed by atoms with E-state index in [1.165, 1.54) is 7.11 Å². The van der Waals surface area contributed by atoms with Gasteiger partial charge in [0.2, 0.25) is 0 Å². The molecule has 22 heavy (non-hydrogen) atoms. The second kappa shape index (κ2) is 6.49. The number of esters is 1. The molecule has 1 aromatic carbocycles. The number of methoxy groups -OCH3 is 1. The van der Waals surface area contributed by atoms with Crippen molar-refractivity contribution in [2.45, 2.75) is 51.1 Å². The van der Waals surface area contributed by atoms with Crippen LogP contribution in [0, 0.1) is 3.57 Å². The molecule has 1 heterocycles. The third-order valence-electron chi connectivity index (χ3n) is 4.52. The van der Waals surface area contributed by atoms with E-state index in [4.69, 9.17) is 14.0 Å². The maximum Gasteiger partial charge on any atom is 0.466 e. The van der Waals surface area contributed by atoms with Gasteiger partial charge in [-0.15, -0.1) is 0 Å². The lowest BCUT2D eigenvalue weighted by Gasteiger charge is -2.32. The average molecular weight is 416 g/mol. The van der Waals surface area contributed by atoms with Gasteiger partial charge in [0.25, 0.3) is 0 Å². The topological polar surface area (TPSA) is 44.8 Å². The van der Waals surface area contributed by atoms with Gasteiger partial charge in [-0.25, -0.2) is 0 Å². The number of carbonyl (C=O) groups is 1. The molecule has 0 N–H and O–H groups in total. The quantitative estimate of drug-likeness (QED) is 0.428. The van der Waals surface area contributed by atoms with E-state index in [9.17, 15) is 4.79 Å². The Kier molecular flexibility index (Phi) is 5.24. The smallest absolute Gasteiger partial charge is 0.466 e. The number of benzene rings is 1. The molecular weight excluding hydrogens is 394 g/mol. The van der Waals surface area contributed by atoms with Crippen molar-refractivity contribution in [1.29, 1.82) is 0 Å². The third-order valence-corrected chi connectivity index (χ3v) is 5.50. The first-order valence-corrected chi connectivity index (χ1v) is 8.43. The number of hydrogen-bond donors (Lipinski definition) is 0. The maximum absolute atomic E-state index is 11.9. The molecule has 1 aliphatic heterocycles. The van der Waals surface area contributed by atoms with Crippen LogP contribution < -0.4 is 0 Å². The van der Waals surface area contributed by atoms with Gasteiger partial charge < -0.3 is 14.0 Å². The lowest BCUT2D eigenvalue weighted by atomic mass is 9.66. The van der Waals surface area contributed by atoms with Gasteiger partial charge in [-0.05, 0) is 61.9 Å². The summed E-state index contributed by atoms with van der Waals surface area (Å²) in [4.78, 5) is 11.9. The first kappa shape index (κ1) is 17.8. The molecule has 0 bridgehead atoms. The summed E-state index contributed by atoms with van der Waals surface area (Å²) in [5.41, 5.74) is 0.199. The summed E-state index contributed by atoms with van der Waals surface area (Å²) in [5.74, 6) is -0.457. The monoisotopic (exact) mass is 416 g/mol. The van der Waals surface area contributed by atoms with E-state index in [1.807, 2.05) is 52.0 Å². The van der Waals surface area contributed by atoms with Crippen LogP contribution in [-0.4, -0.2) is 31.4 Å². The molecule has 0 spiro atoms. The molecule has 1 aliphatic rings. The highest BCUT2D eigenvalue weighted by Crippen LogP contribution is 2.42. The van der Waals surface area contributed by atoms with Crippen LogP contribution >= 0.6 is 22.6 Å². The molecule has 4 nitrogen and oxygen atoms in total. The van der Waals surface area contributed by atoms with Crippen molar-refractivity contribution in [3.63, 3.8) is 0 Å². The third kappa shape index (κ3) is 3.49. The highest BCUT2D eigenvalue weighted by molar-refractivity contribution is 14.1. The van der Waals surface area contributed by atoms with Crippen molar-refractivity contribution < 1.29 is 18.8 Å². The van der Waals surface area contributed by atoms with Gasteiger partial charge in [0.15, 0.2) is 0 Å². The van der Waals surface area contributed by atoms with E-state index in [2.05, 4.69) is 22.6 Å². The lowest BCUT2D eigenvalue weighted by molar-refractivity contribution is -0.140. The van der Waals surface area contributed by atoms with Crippen LogP contribution in [0.2, 0.25) is 0 Å². The van der Waals surface area contributed by atoms with Crippen LogP contribution in [0.15, 0.2) is 24.3 Å². The molecule has 0 amide bonds. The van der Waals surface area contributed by atoms with Crippen LogP contribution in [0.1, 0.15) is 45.5 Å². The Morgan fingerprint density at radius 3 is 2.27 bits per heavy atom. The van der Waals surface area contributed by atoms with E-state index in [0.29, 0.717) is 0 Å². The zero-order valence-corrected chi connectivity index (χ0v) is 15.8. The first-order chi connectivity index (χ1) is 10.2. The number of carbonyl (C=O) groups excluding carboxylic acids is 1. The molecule has 6 heteroatoms. The number of halogens is 1. The van der Waals surface area contributed by atoms with Crippen molar-refractivity contribution >= 4 is 35.7 Å². The molecule has 1 unspecified atom stereocenters. The predicted octanol–water partition coefficient (Wildman–Crippen LogP) is 3.57. The molecule has 0 aliphatic carbocycles. The molecular formula is C16H22BIO4. The van der Waals surface area contributed by atoms with E-state index in [0.717, 1.165) is 9.13 Å². The van der Waals surface area contributed by atoms with Crippen molar-refractivity contribution in [2.24, 2.45) is 0 Å². The van der Waals surface area contributed by atoms with Crippen LogP contribution in [0.3, 0.4) is 0 Å². The number of rotatable bonds is 4. The summed E-state index contributed by atoms with van der Waals surface area (Å²) < 4.78 is 18.2. The molecule has 1 atom stereocenters. The first-order valence-electron chi connectivity index (χ1n) is 7.35. The Bertz CT molecular complexity index is 543. The van der Waals surface area contributed by atoms with Crippen molar-refractivity contribution in [2.75, 3.05) is 7.11 Å². The summed E-state index contributed by atoms with van der Waals surface area (Å²) >= 11 is 2.28. The van der Waals surface area contributed by atoms with Crippen LogP contribution in [0.25, 0.3) is 0 Å². The molecule has 1 aromatic rings. The normalized spacial score (nSPS) is 20.7. The molecule has 0 aromatic heterocycles. The molecule has 0 radical (unpaired) electrons. The Morgan fingerprint density at radius 2 is 1.77 bits per heavy atom. The molecule has 2 rings (SSSR count). The summed E-state index contributed by atoms with van der Waals surface area (Å²) in [7, 11) is 0.930. The van der Waals surface area contributed by atoms with E-state index in [1.54, 1.807) is 0 Å². The standard InChI is InChI=1S/C16H22BIO4/c1-15(2)16(3,4)22-17(21-15)12(10-14(19)20-5)11-8-6-7-9-13(11)18/h6-9,12H,10H2,1-5H3. The van der Waals surface area contributed by atoms with Crippen LogP contribution in [0.5, 0.6) is 0 Å². The average Bonchev–Trinajstić information content (AvgIpc) is 2.65. The van der Waals surface area contributed by atoms with Crippen molar-refractivity contribution in [3.05, 3.63) is 33.4 Å². The molecule has 1 fully saturated rings. The van der Waals surface area contributed by atoms with Gasteiger partial charge in [0, 0.05) is 9.39 Å². The predicted molar refractivity (Wildman–Crippen MR) is 94.6 cm³/mol. The van der Waals surface area contributed by atoms with Gasteiger partial charge in [0.05, 0.1) is 24.7 Å². The van der Waals surface area contributed by atoms with Crippen LogP contribution in [-0.2, 0) is 18.8 Å². The highest BCUT2D eigenvalue weighted by Gasteiger charge is 2.54. The SMILES string of the molecule is COC(=O)CC(B1OC(C)(C)C(C)(C)O1)c1ccccc1I. The molecule has 120 valence electrons. The highest BCUT2D eigenvalue weighted by atomic mass is 127. The fourth-order valence-electron chi connectivity index (χ4n) is 2.44. The minimum Gasteiger partial charge on any atom is -0.469 e. The largest absolute Gasteiger partial charge is 0.469 e. The van der Waals surface area contributed by atoms with E-state index < -0.39 is 18.3 Å². The second-order valence-electron chi connectivity index (χ2n) is 6.53. The fourth-order valence-corrected chi connectivity index (χ4v) is 3.23. The lowest BCUT2D eigenvalue weighted by Crippen LogP contribution is -2.41. The number of hydrogen-bond acceptors (Lipinski definition) is 4. The van der Waals surface area contributed by atoms with Gasteiger partial charge in [-0.1, -0.05) is 18.2 Å². The fraction of sp³-hybridized carbons (Fsp3) is 0.562. The molecule has 0 saturated carbocycles. The zero-order valence-electron chi connectivity index (χ0n) is 13.7. The minimum atomic E-state index is -0.472. The van der Waals surface area contributed by atoms with Crippen LogP contribution in [0.4, 0.5) is 0 Å². The Morgan fingerprint density at radius 1 is 1.23 bits per heavy atom. The summed E-state index contributed by atoms with van der Waals surface area (Å²) in [6, 6.07) is 7.98. The van der Waals surface area contributed by atoms with Gasteiger partial charge >= 0.3 is 13.1 Å². The van der Waals surface area contributed by atoms with Gasteiger partial charge in [0.1, 0.15) is 0 Å². The minimum absolute atomic E-state index is 0.193. The van der Waals surface area contributed by atoms with Crippen molar-refractivity contribution in [1.82, 2.24) is 0 Å². The summed E-state index contributed by atoms with van der Waals surface area (Å²) in [6.45, 7) is 8.05. The zero-order chi connectivity index (χ0) is 16.5. The maximum atomic E-state index is 11.9. The van der Waals surface area contributed by atoms with E-state index >= 15 is 0 Å². The Hall–Kier alpha value is -0.595. The molecule has 1 saturated heterocycles. The summed E-state index contributed by atoms with van der Waals surface area (Å²) in [6.07, 6.45) is 0.230. The van der Waals surface area contributed by atoms with E-state index in [-0.39, 0.29) is 18.2 Å². The summed E-state index contributed by atoms with van der Waals surface area (Å²) in [5, 5.41) is 0.